The summed E-state index contributed by atoms with van der Waals surface area (Å²) in [6, 6.07) is 9.92. The lowest BCUT2D eigenvalue weighted by Gasteiger charge is -2.27. The van der Waals surface area contributed by atoms with Gasteiger partial charge in [0, 0.05) is 22.6 Å². The van der Waals surface area contributed by atoms with Gasteiger partial charge in [-0.1, -0.05) is 6.07 Å². The van der Waals surface area contributed by atoms with Gasteiger partial charge in [-0.25, -0.2) is 0 Å². The normalized spacial score (nSPS) is 20.6. The first-order chi connectivity index (χ1) is 11.8. The molecule has 0 N–H and O–H groups in total. The van der Waals surface area contributed by atoms with Gasteiger partial charge in [0.1, 0.15) is 17.4 Å². The molecule has 2 aliphatic rings. The number of hydrogen-bond acceptors (Lipinski definition) is 5. The molecular formula is C19H16O5. The van der Waals surface area contributed by atoms with Gasteiger partial charge in [-0.3, -0.25) is 0 Å². The van der Waals surface area contributed by atoms with E-state index in [1.807, 2.05) is 24.3 Å². The Labute approximate surface area is 138 Å². The number of furan rings is 1. The van der Waals surface area contributed by atoms with Gasteiger partial charge in [0.15, 0.2) is 11.5 Å². The molecule has 0 aliphatic carbocycles. The van der Waals surface area contributed by atoms with E-state index in [1.165, 1.54) is 0 Å². The van der Waals surface area contributed by atoms with Crippen LogP contribution in [0, 0.1) is 0 Å². The molecule has 5 rings (SSSR count). The second-order valence-electron chi connectivity index (χ2n) is 6.02. The minimum atomic E-state index is -0.0935. The zero-order valence-electron chi connectivity index (χ0n) is 13.4. The van der Waals surface area contributed by atoms with Crippen molar-refractivity contribution in [3.05, 3.63) is 47.7 Å². The highest BCUT2D eigenvalue weighted by atomic mass is 16.5. The van der Waals surface area contributed by atoms with Crippen molar-refractivity contribution in [3.63, 3.8) is 0 Å². The third-order valence-electron chi connectivity index (χ3n) is 4.85. The molecule has 5 nitrogen and oxygen atoms in total. The van der Waals surface area contributed by atoms with Gasteiger partial charge < -0.3 is 23.4 Å². The molecule has 0 spiro atoms. The Kier molecular flexibility index (Phi) is 2.74. The van der Waals surface area contributed by atoms with Crippen LogP contribution in [0.5, 0.6) is 23.0 Å². The van der Waals surface area contributed by atoms with Gasteiger partial charge in [0.2, 0.25) is 5.75 Å². The number of ether oxygens (including phenoxy) is 4. The maximum atomic E-state index is 6.31. The summed E-state index contributed by atoms with van der Waals surface area (Å²) in [5.41, 5.74) is 2.95. The fourth-order valence-electron chi connectivity index (χ4n) is 3.69. The van der Waals surface area contributed by atoms with Gasteiger partial charge in [-0.2, -0.15) is 0 Å². The molecule has 0 saturated carbocycles. The van der Waals surface area contributed by atoms with E-state index < -0.39 is 0 Å². The molecule has 0 unspecified atom stereocenters. The van der Waals surface area contributed by atoms with Crippen LogP contribution in [-0.2, 0) is 0 Å². The van der Waals surface area contributed by atoms with E-state index in [1.54, 1.807) is 20.5 Å². The smallest absolute Gasteiger partial charge is 0.203 e. The van der Waals surface area contributed by atoms with Crippen LogP contribution in [0.1, 0.15) is 23.1 Å². The Hall–Kier alpha value is -2.82. The monoisotopic (exact) mass is 324 g/mol. The van der Waals surface area contributed by atoms with Crippen molar-refractivity contribution in [2.75, 3.05) is 20.8 Å². The summed E-state index contributed by atoms with van der Waals surface area (Å²) in [4.78, 5) is 0. The van der Waals surface area contributed by atoms with Crippen LogP contribution in [0.15, 0.2) is 41.0 Å². The van der Waals surface area contributed by atoms with Crippen molar-refractivity contribution in [1.29, 1.82) is 0 Å². The standard InChI is InChI=1S/C19H16O5/c1-20-14-4-3-11-13-9-23-16-8-15-10(5-6-22-15)7-12(16)17(13)24-18(11)19(14)21-2/h3-8,13,17H,9H2,1-2H3/t13-,17-/m0/s1. The van der Waals surface area contributed by atoms with Crippen molar-refractivity contribution < 1.29 is 23.4 Å². The van der Waals surface area contributed by atoms with E-state index >= 15 is 0 Å². The molecule has 1 aromatic heterocycles. The average Bonchev–Trinajstić information content (AvgIpc) is 3.22. The van der Waals surface area contributed by atoms with E-state index in [9.17, 15) is 0 Å². The predicted molar refractivity (Wildman–Crippen MR) is 87.4 cm³/mol. The lowest BCUT2D eigenvalue weighted by atomic mass is 9.89. The van der Waals surface area contributed by atoms with Crippen LogP contribution in [0.3, 0.4) is 0 Å². The number of methoxy groups -OCH3 is 2. The molecule has 3 aromatic rings. The number of benzene rings is 2. The molecule has 0 amide bonds. The third kappa shape index (κ3) is 1.69. The zero-order valence-corrected chi connectivity index (χ0v) is 13.4. The zero-order chi connectivity index (χ0) is 16.3. The van der Waals surface area contributed by atoms with Crippen molar-refractivity contribution in [2.24, 2.45) is 0 Å². The Bertz CT molecular complexity index is 942. The third-order valence-corrected chi connectivity index (χ3v) is 4.85. The summed E-state index contributed by atoms with van der Waals surface area (Å²) in [7, 11) is 3.25. The van der Waals surface area contributed by atoms with Crippen molar-refractivity contribution in [2.45, 2.75) is 12.0 Å². The maximum Gasteiger partial charge on any atom is 0.203 e. The van der Waals surface area contributed by atoms with Gasteiger partial charge in [0.05, 0.1) is 33.0 Å². The van der Waals surface area contributed by atoms with Crippen LogP contribution in [-0.4, -0.2) is 20.8 Å². The maximum absolute atomic E-state index is 6.31. The molecule has 122 valence electrons. The molecule has 5 heteroatoms. The van der Waals surface area contributed by atoms with Crippen molar-refractivity contribution >= 4 is 11.0 Å². The highest BCUT2D eigenvalue weighted by Crippen LogP contribution is 2.56. The predicted octanol–water partition coefficient (Wildman–Crippen LogP) is 4.06. The minimum absolute atomic E-state index is 0.0935. The lowest BCUT2D eigenvalue weighted by Crippen LogP contribution is -2.23. The van der Waals surface area contributed by atoms with Gasteiger partial charge in [0.25, 0.3) is 0 Å². The molecule has 3 heterocycles. The Morgan fingerprint density at radius 2 is 1.96 bits per heavy atom. The summed E-state index contributed by atoms with van der Waals surface area (Å²) >= 11 is 0. The van der Waals surface area contributed by atoms with Crippen LogP contribution in [0.2, 0.25) is 0 Å². The number of fused-ring (bicyclic) bond motifs is 6. The topological polar surface area (TPSA) is 50.1 Å². The van der Waals surface area contributed by atoms with Crippen molar-refractivity contribution in [3.8, 4) is 23.0 Å². The first kappa shape index (κ1) is 13.6. The van der Waals surface area contributed by atoms with Gasteiger partial charge in [-0.15, -0.1) is 0 Å². The fraction of sp³-hybridized carbons (Fsp3) is 0.263. The van der Waals surface area contributed by atoms with E-state index in [-0.39, 0.29) is 12.0 Å². The second kappa shape index (κ2) is 4.84. The van der Waals surface area contributed by atoms with Gasteiger partial charge in [-0.05, 0) is 18.2 Å². The molecule has 2 aliphatic heterocycles. The quantitative estimate of drug-likeness (QED) is 0.711. The second-order valence-corrected chi connectivity index (χ2v) is 6.02. The van der Waals surface area contributed by atoms with Crippen LogP contribution < -0.4 is 18.9 Å². The molecule has 0 saturated heterocycles. The molecule has 0 fully saturated rings. The SMILES string of the molecule is COc1ccc2c(c1OC)O[C@H]1c3cc4ccoc4cc3OC[C@@H]21. The first-order valence-electron chi connectivity index (χ1n) is 7.85. The number of rotatable bonds is 2. The van der Waals surface area contributed by atoms with E-state index in [0.29, 0.717) is 18.1 Å². The summed E-state index contributed by atoms with van der Waals surface area (Å²) in [5, 5.41) is 1.04. The van der Waals surface area contributed by atoms with Gasteiger partial charge >= 0.3 is 0 Å². The summed E-state index contributed by atoms with van der Waals surface area (Å²) < 4.78 is 28.7. The van der Waals surface area contributed by atoms with E-state index in [2.05, 4.69) is 6.07 Å². The van der Waals surface area contributed by atoms with Crippen LogP contribution in [0.25, 0.3) is 11.0 Å². The summed E-state index contributed by atoms with van der Waals surface area (Å²) in [6.45, 7) is 0.562. The fourth-order valence-corrected chi connectivity index (χ4v) is 3.69. The number of hydrogen-bond donors (Lipinski definition) is 0. The molecular weight excluding hydrogens is 308 g/mol. The van der Waals surface area contributed by atoms with Crippen LogP contribution >= 0.6 is 0 Å². The highest BCUT2D eigenvalue weighted by molar-refractivity contribution is 5.80. The van der Waals surface area contributed by atoms with Crippen LogP contribution in [0.4, 0.5) is 0 Å². The largest absolute Gasteiger partial charge is 0.493 e. The van der Waals surface area contributed by atoms with E-state index in [0.717, 1.165) is 33.6 Å². The Balaban J connectivity index is 1.66. The minimum Gasteiger partial charge on any atom is -0.493 e. The summed E-state index contributed by atoms with van der Waals surface area (Å²) in [5.74, 6) is 3.00. The molecule has 0 bridgehead atoms. The molecule has 2 atom stereocenters. The Morgan fingerprint density at radius 1 is 1.04 bits per heavy atom. The molecule has 2 aromatic carbocycles. The highest BCUT2D eigenvalue weighted by Gasteiger charge is 2.43. The molecule has 24 heavy (non-hydrogen) atoms. The first-order valence-corrected chi connectivity index (χ1v) is 7.85. The summed E-state index contributed by atoms with van der Waals surface area (Å²) in [6.07, 6.45) is 1.59. The molecule has 0 radical (unpaired) electrons. The van der Waals surface area contributed by atoms with Crippen molar-refractivity contribution in [1.82, 2.24) is 0 Å². The Morgan fingerprint density at radius 3 is 2.79 bits per heavy atom. The lowest BCUT2D eigenvalue weighted by molar-refractivity contribution is 0.137. The van der Waals surface area contributed by atoms with E-state index in [4.69, 9.17) is 23.4 Å². The average molecular weight is 324 g/mol.